The Morgan fingerprint density at radius 1 is 1.21 bits per heavy atom. The molecule has 2 aromatic heterocycles. The number of hydrogen-bond donors (Lipinski definition) is 2. The second-order valence-electron chi connectivity index (χ2n) is 6.60. The molecular formula is C18H23Cl2N7O. The van der Waals surface area contributed by atoms with Crippen molar-refractivity contribution in [3.8, 4) is 0 Å². The number of benzene rings is 1. The maximum atomic E-state index is 12.7. The van der Waals surface area contributed by atoms with E-state index in [1.807, 2.05) is 43.7 Å². The minimum absolute atomic E-state index is 0. The highest BCUT2D eigenvalue weighted by atomic mass is 35.5. The van der Waals surface area contributed by atoms with E-state index in [9.17, 15) is 4.79 Å². The summed E-state index contributed by atoms with van der Waals surface area (Å²) >= 11 is 0. The molecule has 1 aliphatic rings. The zero-order chi connectivity index (χ0) is 17.9. The zero-order valence-electron chi connectivity index (χ0n) is 15.4. The summed E-state index contributed by atoms with van der Waals surface area (Å²) < 4.78 is 3.53. The molecule has 2 N–H and O–H groups in total. The van der Waals surface area contributed by atoms with Crippen LogP contribution in [0.5, 0.6) is 0 Å². The van der Waals surface area contributed by atoms with E-state index >= 15 is 0 Å². The van der Waals surface area contributed by atoms with E-state index in [-0.39, 0.29) is 42.6 Å². The van der Waals surface area contributed by atoms with Crippen LogP contribution in [0.25, 0.3) is 0 Å². The van der Waals surface area contributed by atoms with Gasteiger partial charge in [0, 0.05) is 37.9 Å². The summed E-state index contributed by atoms with van der Waals surface area (Å²) in [5.41, 5.74) is 3.00. The molecule has 0 radical (unpaired) electrons. The predicted octanol–water partition coefficient (Wildman–Crippen LogP) is 1.85. The van der Waals surface area contributed by atoms with Gasteiger partial charge in [0.25, 0.3) is 0 Å². The van der Waals surface area contributed by atoms with Crippen LogP contribution >= 0.6 is 24.8 Å². The first-order valence-electron chi connectivity index (χ1n) is 8.60. The van der Waals surface area contributed by atoms with Crippen LogP contribution in [0.4, 0.5) is 5.69 Å². The summed E-state index contributed by atoms with van der Waals surface area (Å²) in [6.07, 6.45) is 7.03. The molecular weight excluding hydrogens is 401 g/mol. The first kappa shape index (κ1) is 21.9. The highest BCUT2D eigenvalue weighted by Gasteiger charge is 2.34. The van der Waals surface area contributed by atoms with E-state index in [1.165, 1.54) is 6.33 Å². The van der Waals surface area contributed by atoms with Gasteiger partial charge in [-0.1, -0.05) is 12.1 Å². The molecule has 0 unspecified atom stereocenters. The van der Waals surface area contributed by atoms with Crippen molar-refractivity contribution in [2.75, 3.05) is 18.4 Å². The van der Waals surface area contributed by atoms with Crippen molar-refractivity contribution in [3.05, 3.63) is 60.4 Å². The molecule has 0 bridgehead atoms. The van der Waals surface area contributed by atoms with Gasteiger partial charge in [-0.3, -0.25) is 9.48 Å². The summed E-state index contributed by atoms with van der Waals surface area (Å²) in [5, 5.41) is 14.7. The standard InChI is InChI=1S/C18H21N7O.2ClH/c1-24-10-14(6-21-24)16-7-19-8-17(16)18(26)23-15-4-2-13(3-5-15)9-25-12-20-11-22-25;;/h2-6,10-12,16-17,19H,7-9H2,1H3,(H,23,26);2*1H/t16-,17+;;/m1../s1. The van der Waals surface area contributed by atoms with Gasteiger partial charge >= 0.3 is 0 Å². The number of carbonyl (C=O) groups excluding carboxylic acids is 1. The number of nitrogens with one attached hydrogen (secondary N) is 2. The molecule has 10 heteroatoms. The van der Waals surface area contributed by atoms with Gasteiger partial charge < -0.3 is 10.6 Å². The molecule has 1 amide bonds. The monoisotopic (exact) mass is 423 g/mol. The van der Waals surface area contributed by atoms with E-state index in [0.29, 0.717) is 13.1 Å². The molecule has 1 fully saturated rings. The second-order valence-corrected chi connectivity index (χ2v) is 6.60. The van der Waals surface area contributed by atoms with Gasteiger partial charge in [0.2, 0.25) is 5.91 Å². The lowest BCUT2D eigenvalue weighted by Crippen LogP contribution is -2.28. The highest BCUT2D eigenvalue weighted by molar-refractivity contribution is 5.93. The van der Waals surface area contributed by atoms with E-state index in [1.54, 1.807) is 15.7 Å². The number of aryl methyl sites for hydroxylation is 1. The summed E-state index contributed by atoms with van der Waals surface area (Å²) in [7, 11) is 1.89. The SMILES string of the molecule is Cl.Cl.Cn1cc([C@H]2CNC[C@@H]2C(=O)Nc2ccc(Cn3cncn3)cc2)cn1. The van der Waals surface area contributed by atoms with E-state index < -0.39 is 0 Å². The lowest BCUT2D eigenvalue weighted by Gasteiger charge is -2.17. The number of hydrogen-bond acceptors (Lipinski definition) is 5. The van der Waals surface area contributed by atoms with Gasteiger partial charge in [-0.05, 0) is 23.3 Å². The highest BCUT2D eigenvalue weighted by Crippen LogP contribution is 2.28. The molecule has 4 rings (SSSR count). The minimum Gasteiger partial charge on any atom is -0.326 e. The molecule has 3 aromatic rings. The van der Waals surface area contributed by atoms with Crippen molar-refractivity contribution in [3.63, 3.8) is 0 Å². The fourth-order valence-electron chi connectivity index (χ4n) is 3.37. The third-order valence-electron chi connectivity index (χ3n) is 4.74. The Balaban J connectivity index is 0.00000140. The lowest BCUT2D eigenvalue weighted by atomic mass is 9.90. The Hall–Kier alpha value is -2.42. The Kier molecular flexibility index (Phi) is 7.56. The zero-order valence-corrected chi connectivity index (χ0v) is 17.0. The van der Waals surface area contributed by atoms with Crippen LogP contribution in [0.1, 0.15) is 17.0 Å². The van der Waals surface area contributed by atoms with Gasteiger partial charge in [-0.15, -0.1) is 24.8 Å². The van der Waals surface area contributed by atoms with Crippen LogP contribution in [0, 0.1) is 5.92 Å². The largest absolute Gasteiger partial charge is 0.326 e. The van der Waals surface area contributed by atoms with Crippen LogP contribution in [-0.4, -0.2) is 43.5 Å². The number of aromatic nitrogens is 5. The molecule has 28 heavy (non-hydrogen) atoms. The number of nitrogens with zero attached hydrogens (tertiary/aromatic N) is 5. The quantitative estimate of drug-likeness (QED) is 0.653. The van der Waals surface area contributed by atoms with Crippen LogP contribution in [0.15, 0.2) is 49.3 Å². The fourth-order valence-corrected chi connectivity index (χ4v) is 3.37. The number of carbonyl (C=O) groups is 1. The third kappa shape index (κ3) is 4.89. The average Bonchev–Trinajstić information content (AvgIpc) is 3.37. The molecule has 1 aliphatic heterocycles. The number of amides is 1. The molecule has 150 valence electrons. The summed E-state index contributed by atoms with van der Waals surface area (Å²) in [6.45, 7) is 2.13. The van der Waals surface area contributed by atoms with Crippen LogP contribution < -0.4 is 10.6 Å². The average molecular weight is 424 g/mol. The normalized spacial score (nSPS) is 18.2. The van der Waals surface area contributed by atoms with Crippen molar-refractivity contribution in [1.82, 2.24) is 29.9 Å². The number of rotatable bonds is 5. The van der Waals surface area contributed by atoms with Crippen LogP contribution in [-0.2, 0) is 18.4 Å². The second kappa shape index (κ2) is 9.68. The first-order valence-corrected chi connectivity index (χ1v) is 8.60. The maximum Gasteiger partial charge on any atom is 0.229 e. The molecule has 1 saturated heterocycles. The molecule has 1 aromatic carbocycles. The molecule has 0 spiro atoms. The predicted molar refractivity (Wildman–Crippen MR) is 111 cm³/mol. The third-order valence-corrected chi connectivity index (χ3v) is 4.74. The molecule has 8 nitrogen and oxygen atoms in total. The first-order chi connectivity index (χ1) is 12.7. The van der Waals surface area contributed by atoms with Crippen molar-refractivity contribution in [2.45, 2.75) is 12.5 Å². The number of halogens is 2. The van der Waals surface area contributed by atoms with Gasteiger partial charge in [0.05, 0.1) is 18.7 Å². The molecule has 0 aliphatic carbocycles. The van der Waals surface area contributed by atoms with Gasteiger partial charge in [-0.25, -0.2) is 9.67 Å². The van der Waals surface area contributed by atoms with Crippen molar-refractivity contribution in [2.24, 2.45) is 13.0 Å². The molecule has 3 heterocycles. The molecule has 2 atom stereocenters. The van der Waals surface area contributed by atoms with Crippen LogP contribution in [0.3, 0.4) is 0 Å². The maximum absolute atomic E-state index is 12.7. The molecule has 0 saturated carbocycles. The summed E-state index contributed by atoms with van der Waals surface area (Å²) in [6, 6.07) is 7.82. The topological polar surface area (TPSA) is 89.7 Å². The van der Waals surface area contributed by atoms with Crippen molar-refractivity contribution in [1.29, 1.82) is 0 Å². The Morgan fingerprint density at radius 3 is 2.64 bits per heavy atom. The van der Waals surface area contributed by atoms with Crippen molar-refractivity contribution < 1.29 is 4.79 Å². The summed E-state index contributed by atoms with van der Waals surface area (Å²) in [5.74, 6) is 0.0807. The summed E-state index contributed by atoms with van der Waals surface area (Å²) in [4.78, 5) is 16.7. The van der Waals surface area contributed by atoms with E-state index in [4.69, 9.17) is 0 Å². The van der Waals surface area contributed by atoms with Gasteiger partial charge in [0.1, 0.15) is 12.7 Å². The smallest absolute Gasteiger partial charge is 0.229 e. The number of anilines is 1. The Morgan fingerprint density at radius 2 is 2.00 bits per heavy atom. The Labute approximate surface area is 175 Å². The minimum atomic E-state index is -0.103. The van der Waals surface area contributed by atoms with Crippen molar-refractivity contribution >= 4 is 36.4 Å². The van der Waals surface area contributed by atoms with Crippen LogP contribution in [0.2, 0.25) is 0 Å². The van der Waals surface area contributed by atoms with E-state index in [0.717, 1.165) is 23.4 Å². The van der Waals surface area contributed by atoms with Gasteiger partial charge in [-0.2, -0.15) is 10.2 Å². The lowest BCUT2D eigenvalue weighted by molar-refractivity contribution is -0.119. The van der Waals surface area contributed by atoms with Gasteiger partial charge in [0.15, 0.2) is 0 Å². The fraction of sp³-hybridized carbons (Fsp3) is 0.333. The Bertz CT molecular complexity index is 880. The van der Waals surface area contributed by atoms with E-state index in [2.05, 4.69) is 25.8 Å².